The fraction of sp³-hybridized carbons (Fsp3) is 0.636. The van der Waals surface area contributed by atoms with Crippen molar-refractivity contribution in [1.29, 1.82) is 0 Å². The van der Waals surface area contributed by atoms with E-state index < -0.39 is 0 Å². The highest BCUT2D eigenvalue weighted by Gasteiger charge is 2.14. The molecule has 3 N–H and O–H groups in total. The van der Waals surface area contributed by atoms with Crippen LogP contribution in [-0.2, 0) is 7.05 Å². The van der Waals surface area contributed by atoms with Gasteiger partial charge in [0.05, 0.1) is 5.69 Å². The predicted octanol–water partition coefficient (Wildman–Crippen LogP) is 0.584. The molecular weight excluding hydrogens is 204 g/mol. The monoisotopic (exact) mass is 224 g/mol. The van der Waals surface area contributed by atoms with E-state index in [-0.39, 0.29) is 18.0 Å². The third kappa shape index (κ3) is 3.34. The quantitative estimate of drug-likeness (QED) is 0.786. The van der Waals surface area contributed by atoms with Crippen molar-refractivity contribution in [3.63, 3.8) is 0 Å². The highest BCUT2D eigenvalue weighted by atomic mass is 16.2. The largest absolute Gasteiger partial charge is 0.348 e. The van der Waals surface area contributed by atoms with E-state index in [0.717, 1.165) is 12.1 Å². The van der Waals surface area contributed by atoms with E-state index >= 15 is 0 Å². The standard InChI is InChI=1S/C11H20N4O/c1-7(12)5-8(2)13-11(16)10-6-9(3)14-15(10)4/h6-8H,5,12H2,1-4H3,(H,13,16). The van der Waals surface area contributed by atoms with Crippen LogP contribution in [-0.4, -0.2) is 27.8 Å². The number of amides is 1. The van der Waals surface area contributed by atoms with E-state index in [2.05, 4.69) is 10.4 Å². The topological polar surface area (TPSA) is 72.9 Å². The predicted molar refractivity (Wildman–Crippen MR) is 63.1 cm³/mol. The molecule has 0 saturated carbocycles. The lowest BCUT2D eigenvalue weighted by atomic mass is 10.1. The van der Waals surface area contributed by atoms with Crippen LogP contribution in [0.4, 0.5) is 0 Å². The molecule has 0 aliphatic carbocycles. The van der Waals surface area contributed by atoms with Crippen molar-refractivity contribution < 1.29 is 4.79 Å². The molecule has 16 heavy (non-hydrogen) atoms. The minimum Gasteiger partial charge on any atom is -0.348 e. The first-order valence-electron chi connectivity index (χ1n) is 5.47. The van der Waals surface area contributed by atoms with E-state index in [1.807, 2.05) is 20.8 Å². The summed E-state index contributed by atoms with van der Waals surface area (Å²) in [4.78, 5) is 11.9. The third-order valence-corrected chi connectivity index (χ3v) is 2.34. The molecule has 0 saturated heterocycles. The summed E-state index contributed by atoms with van der Waals surface area (Å²) in [5, 5.41) is 7.03. The van der Waals surface area contributed by atoms with Crippen molar-refractivity contribution >= 4 is 5.91 Å². The van der Waals surface area contributed by atoms with Gasteiger partial charge in [-0.25, -0.2) is 0 Å². The van der Waals surface area contributed by atoms with Crippen LogP contribution in [0.3, 0.4) is 0 Å². The van der Waals surface area contributed by atoms with E-state index in [1.165, 1.54) is 0 Å². The number of hydrogen-bond donors (Lipinski definition) is 2. The summed E-state index contributed by atoms with van der Waals surface area (Å²) in [5.74, 6) is -0.101. The van der Waals surface area contributed by atoms with Gasteiger partial charge in [-0.2, -0.15) is 5.10 Å². The van der Waals surface area contributed by atoms with Crippen LogP contribution in [0.2, 0.25) is 0 Å². The molecule has 0 radical (unpaired) electrons. The Kier molecular flexibility index (Phi) is 4.06. The highest BCUT2D eigenvalue weighted by molar-refractivity contribution is 5.92. The summed E-state index contributed by atoms with van der Waals surface area (Å²) in [7, 11) is 1.76. The second-order valence-electron chi connectivity index (χ2n) is 4.38. The zero-order chi connectivity index (χ0) is 12.3. The van der Waals surface area contributed by atoms with E-state index in [4.69, 9.17) is 5.73 Å². The molecule has 90 valence electrons. The Balaban J connectivity index is 2.62. The van der Waals surface area contributed by atoms with Crippen molar-refractivity contribution in [3.05, 3.63) is 17.5 Å². The number of carbonyl (C=O) groups excluding carboxylic acids is 1. The molecule has 0 fully saturated rings. The van der Waals surface area contributed by atoms with Gasteiger partial charge in [0.2, 0.25) is 0 Å². The lowest BCUT2D eigenvalue weighted by Crippen LogP contribution is -2.37. The Morgan fingerprint density at radius 2 is 2.25 bits per heavy atom. The molecule has 1 heterocycles. The molecule has 2 unspecified atom stereocenters. The van der Waals surface area contributed by atoms with Crippen LogP contribution >= 0.6 is 0 Å². The van der Waals surface area contributed by atoms with Gasteiger partial charge in [-0.15, -0.1) is 0 Å². The Hall–Kier alpha value is -1.36. The number of rotatable bonds is 4. The van der Waals surface area contributed by atoms with Gasteiger partial charge >= 0.3 is 0 Å². The molecule has 0 spiro atoms. The minimum atomic E-state index is -0.101. The Morgan fingerprint density at radius 1 is 1.62 bits per heavy atom. The van der Waals surface area contributed by atoms with Gasteiger partial charge in [-0.05, 0) is 33.3 Å². The number of nitrogens with two attached hydrogens (primary N) is 1. The summed E-state index contributed by atoms with van der Waals surface area (Å²) in [5.41, 5.74) is 7.09. The number of aromatic nitrogens is 2. The Bertz CT molecular complexity index is 370. The van der Waals surface area contributed by atoms with Gasteiger partial charge in [-0.3, -0.25) is 9.48 Å². The molecule has 2 atom stereocenters. The van der Waals surface area contributed by atoms with Crippen LogP contribution in [0.15, 0.2) is 6.07 Å². The van der Waals surface area contributed by atoms with Crippen LogP contribution < -0.4 is 11.1 Å². The van der Waals surface area contributed by atoms with Crippen molar-refractivity contribution in [2.24, 2.45) is 12.8 Å². The zero-order valence-electron chi connectivity index (χ0n) is 10.3. The van der Waals surface area contributed by atoms with Gasteiger partial charge in [0.25, 0.3) is 5.91 Å². The van der Waals surface area contributed by atoms with Crippen LogP contribution in [0.1, 0.15) is 36.5 Å². The smallest absolute Gasteiger partial charge is 0.269 e. The molecule has 1 aromatic heterocycles. The van der Waals surface area contributed by atoms with Crippen LogP contribution in [0, 0.1) is 6.92 Å². The third-order valence-electron chi connectivity index (χ3n) is 2.34. The second kappa shape index (κ2) is 5.12. The van der Waals surface area contributed by atoms with Crippen molar-refractivity contribution in [2.45, 2.75) is 39.3 Å². The average molecular weight is 224 g/mol. The van der Waals surface area contributed by atoms with E-state index in [0.29, 0.717) is 5.69 Å². The lowest BCUT2D eigenvalue weighted by molar-refractivity contribution is 0.0928. The lowest BCUT2D eigenvalue weighted by Gasteiger charge is -2.15. The maximum Gasteiger partial charge on any atom is 0.269 e. The number of hydrogen-bond acceptors (Lipinski definition) is 3. The SMILES string of the molecule is Cc1cc(C(=O)NC(C)CC(C)N)n(C)n1. The molecular formula is C11H20N4O. The maximum absolute atomic E-state index is 11.9. The summed E-state index contributed by atoms with van der Waals surface area (Å²) in [6, 6.07) is 1.93. The molecule has 1 rings (SSSR count). The van der Waals surface area contributed by atoms with Crippen LogP contribution in [0.5, 0.6) is 0 Å². The summed E-state index contributed by atoms with van der Waals surface area (Å²) in [6.07, 6.45) is 0.766. The first kappa shape index (κ1) is 12.7. The summed E-state index contributed by atoms with van der Waals surface area (Å²) in [6.45, 7) is 5.74. The van der Waals surface area contributed by atoms with Crippen molar-refractivity contribution in [2.75, 3.05) is 0 Å². The fourth-order valence-corrected chi connectivity index (χ4v) is 1.74. The first-order valence-corrected chi connectivity index (χ1v) is 5.47. The summed E-state index contributed by atoms with van der Waals surface area (Å²) >= 11 is 0. The number of carbonyl (C=O) groups is 1. The van der Waals surface area contributed by atoms with Gasteiger partial charge in [0, 0.05) is 19.1 Å². The summed E-state index contributed by atoms with van der Waals surface area (Å²) < 4.78 is 1.59. The molecule has 0 aliphatic heterocycles. The van der Waals surface area contributed by atoms with Crippen molar-refractivity contribution in [3.8, 4) is 0 Å². The molecule has 1 amide bonds. The number of aryl methyl sites for hydroxylation is 2. The second-order valence-corrected chi connectivity index (χ2v) is 4.38. The van der Waals surface area contributed by atoms with Crippen molar-refractivity contribution in [1.82, 2.24) is 15.1 Å². The highest BCUT2D eigenvalue weighted by Crippen LogP contribution is 2.03. The zero-order valence-corrected chi connectivity index (χ0v) is 10.3. The molecule has 1 aromatic rings. The number of nitrogens with zero attached hydrogens (tertiary/aromatic N) is 2. The average Bonchev–Trinajstić information content (AvgIpc) is 2.43. The van der Waals surface area contributed by atoms with Crippen LogP contribution in [0.25, 0.3) is 0 Å². The molecule has 0 bridgehead atoms. The first-order chi connectivity index (χ1) is 7.40. The number of nitrogens with one attached hydrogen (secondary N) is 1. The Labute approximate surface area is 96.0 Å². The minimum absolute atomic E-state index is 0.0720. The van der Waals surface area contributed by atoms with E-state index in [1.54, 1.807) is 17.8 Å². The van der Waals surface area contributed by atoms with Gasteiger partial charge in [-0.1, -0.05) is 0 Å². The maximum atomic E-state index is 11.9. The Morgan fingerprint density at radius 3 is 2.69 bits per heavy atom. The molecule has 5 heteroatoms. The van der Waals surface area contributed by atoms with Gasteiger partial charge in [0.15, 0.2) is 0 Å². The molecule has 0 aliphatic rings. The van der Waals surface area contributed by atoms with Gasteiger partial charge in [0.1, 0.15) is 5.69 Å². The molecule has 5 nitrogen and oxygen atoms in total. The fourth-order valence-electron chi connectivity index (χ4n) is 1.74. The van der Waals surface area contributed by atoms with E-state index in [9.17, 15) is 4.79 Å². The molecule has 0 aromatic carbocycles. The normalized spacial score (nSPS) is 14.6. The van der Waals surface area contributed by atoms with Gasteiger partial charge < -0.3 is 11.1 Å².